The van der Waals surface area contributed by atoms with Gasteiger partial charge in [-0.3, -0.25) is 0 Å². The van der Waals surface area contributed by atoms with Gasteiger partial charge in [0.2, 0.25) is 0 Å². The summed E-state index contributed by atoms with van der Waals surface area (Å²) in [6, 6.07) is 0. The number of nitrogens with two attached hydrogens (primary N) is 1. The third kappa shape index (κ3) is 5.23. The lowest BCUT2D eigenvalue weighted by atomic mass is 10.1. The summed E-state index contributed by atoms with van der Waals surface area (Å²) in [5.74, 6) is 0.607. The molecular weight excluding hydrogens is 160 g/mol. The fourth-order valence-electron chi connectivity index (χ4n) is 1.03. The summed E-state index contributed by atoms with van der Waals surface area (Å²) in [6.45, 7) is 10.1. The molecule has 0 aromatic rings. The molecule has 74 valence electrons. The number of hydrogen-bond donors (Lipinski definition) is 1. The van der Waals surface area contributed by atoms with Gasteiger partial charge >= 0.3 is 0 Å². The standard InChI is InChI=1S/C11H20N2/c1-6-8(2)9(3)7-10(4)13-11(5)12/h7H,6H2,1-5H3,(H2,12,13)/b9-8-,10-7-. The number of rotatable bonds is 3. The van der Waals surface area contributed by atoms with Gasteiger partial charge in [0, 0.05) is 5.70 Å². The lowest BCUT2D eigenvalue weighted by Crippen LogP contribution is -2.04. The second-order valence-electron chi connectivity index (χ2n) is 3.36. The summed E-state index contributed by atoms with van der Waals surface area (Å²) in [6.07, 6.45) is 3.15. The molecule has 0 heterocycles. The Bertz CT molecular complexity index is 253. The zero-order chi connectivity index (χ0) is 10.4. The van der Waals surface area contributed by atoms with Gasteiger partial charge in [0.25, 0.3) is 0 Å². The minimum absolute atomic E-state index is 0.607. The largest absolute Gasteiger partial charge is 0.387 e. The van der Waals surface area contributed by atoms with Crippen LogP contribution >= 0.6 is 0 Å². The Morgan fingerprint density at radius 3 is 2.15 bits per heavy atom. The molecule has 0 aliphatic carbocycles. The molecule has 0 spiro atoms. The first-order valence-electron chi connectivity index (χ1n) is 4.62. The zero-order valence-corrected chi connectivity index (χ0v) is 9.31. The van der Waals surface area contributed by atoms with Gasteiger partial charge in [0.15, 0.2) is 0 Å². The van der Waals surface area contributed by atoms with Crippen molar-refractivity contribution in [2.45, 2.75) is 41.0 Å². The maximum absolute atomic E-state index is 5.47. The molecule has 2 nitrogen and oxygen atoms in total. The first kappa shape index (κ1) is 11.9. The Labute approximate surface area is 81.2 Å². The highest BCUT2D eigenvalue weighted by atomic mass is 14.8. The zero-order valence-electron chi connectivity index (χ0n) is 9.31. The maximum atomic E-state index is 5.47. The first-order chi connectivity index (χ1) is 5.97. The van der Waals surface area contributed by atoms with Crippen molar-refractivity contribution in [3.05, 3.63) is 22.9 Å². The smallest absolute Gasteiger partial charge is 0.0960 e. The van der Waals surface area contributed by atoms with E-state index in [0.717, 1.165) is 12.1 Å². The van der Waals surface area contributed by atoms with E-state index in [1.807, 2.05) is 6.92 Å². The van der Waals surface area contributed by atoms with Crippen LogP contribution in [0, 0.1) is 0 Å². The molecular formula is C11H20N2. The summed E-state index contributed by atoms with van der Waals surface area (Å²) >= 11 is 0. The van der Waals surface area contributed by atoms with Crippen LogP contribution in [0.15, 0.2) is 27.9 Å². The van der Waals surface area contributed by atoms with Gasteiger partial charge in [-0.25, -0.2) is 4.99 Å². The minimum atomic E-state index is 0.607. The Morgan fingerprint density at radius 2 is 1.77 bits per heavy atom. The number of hydrogen-bond acceptors (Lipinski definition) is 1. The van der Waals surface area contributed by atoms with Crippen LogP contribution in [0.3, 0.4) is 0 Å². The van der Waals surface area contributed by atoms with Gasteiger partial charge in [-0.2, -0.15) is 0 Å². The quantitative estimate of drug-likeness (QED) is 0.404. The number of allylic oxidation sites excluding steroid dienone is 4. The second-order valence-corrected chi connectivity index (χ2v) is 3.36. The van der Waals surface area contributed by atoms with E-state index in [1.165, 1.54) is 11.1 Å². The van der Waals surface area contributed by atoms with Gasteiger partial charge in [0.05, 0.1) is 5.84 Å². The third-order valence-corrected chi connectivity index (χ3v) is 1.98. The highest BCUT2D eigenvalue weighted by Gasteiger charge is 1.92. The molecule has 0 unspecified atom stereocenters. The topological polar surface area (TPSA) is 38.4 Å². The number of aliphatic imine (C=N–C) groups is 1. The molecule has 0 amide bonds. The fourth-order valence-corrected chi connectivity index (χ4v) is 1.03. The minimum Gasteiger partial charge on any atom is -0.387 e. The molecule has 0 atom stereocenters. The Balaban J connectivity index is 4.67. The van der Waals surface area contributed by atoms with Crippen molar-refractivity contribution in [3.8, 4) is 0 Å². The van der Waals surface area contributed by atoms with E-state index in [9.17, 15) is 0 Å². The van der Waals surface area contributed by atoms with E-state index in [2.05, 4.69) is 31.8 Å². The summed E-state index contributed by atoms with van der Waals surface area (Å²) in [7, 11) is 0. The SMILES string of the molecule is CC/C(C)=C(C)\C=C(\C)N=C(C)N. The lowest BCUT2D eigenvalue weighted by molar-refractivity contribution is 1.07. The van der Waals surface area contributed by atoms with E-state index < -0.39 is 0 Å². The highest BCUT2D eigenvalue weighted by molar-refractivity contribution is 5.78. The molecule has 0 aliphatic heterocycles. The molecule has 0 aromatic heterocycles. The molecule has 0 radical (unpaired) electrons. The summed E-state index contributed by atoms with van der Waals surface area (Å²) in [4.78, 5) is 4.16. The number of amidine groups is 1. The van der Waals surface area contributed by atoms with Crippen molar-refractivity contribution in [2.75, 3.05) is 0 Å². The molecule has 0 bridgehead atoms. The summed E-state index contributed by atoms with van der Waals surface area (Å²) in [5.41, 5.74) is 9.11. The molecule has 0 fully saturated rings. The summed E-state index contributed by atoms with van der Waals surface area (Å²) < 4.78 is 0. The Hall–Kier alpha value is -1.05. The number of nitrogens with zero attached hydrogens (tertiary/aromatic N) is 1. The maximum Gasteiger partial charge on any atom is 0.0960 e. The van der Waals surface area contributed by atoms with Crippen LogP contribution in [-0.2, 0) is 0 Å². The second kappa shape index (κ2) is 5.57. The average molecular weight is 180 g/mol. The van der Waals surface area contributed by atoms with Crippen LogP contribution in [0.1, 0.15) is 41.0 Å². The molecule has 0 rings (SSSR count). The van der Waals surface area contributed by atoms with Crippen molar-refractivity contribution in [2.24, 2.45) is 10.7 Å². The van der Waals surface area contributed by atoms with Crippen LogP contribution in [0.4, 0.5) is 0 Å². The fraction of sp³-hybridized carbons (Fsp3) is 0.545. The Morgan fingerprint density at radius 1 is 1.23 bits per heavy atom. The van der Waals surface area contributed by atoms with Gasteiger partial charge in [0.1, 0.15) is 0 Å². The molecule has 0 saturated carbocycles. The molecule has 0 aliphatic rings. The normalized spacial score (nSPS) is 15.8. The predicted octanol–water partition coefficient (Wildman–Crippen LogP) is 3.01. The third-order valence-electron chi connectivity index (χ3n) is 1.98. The van der Waals surface area contributed by atoms with Crippen LogP contribution in [0.5, 0.6) is 0 Å². The van der Waals surface area contributed by atoms with Crippen molar-refractivity contribution in [1.29, 1.82) is 0 Å². The molecule has 2 N–H and O–H groups in total. The molecule has 2 heteroatoms. The lowest BCUT2D eigenvalue weighted by Gasteiger charge is -2.00. The van der Waals surface area contributed by atoms with Crippen LogP contribution < -0.4 is 5.73 Å². The Kier molecular flexibility index (Phi) is 5.12. The van der Waals surface area contributed by atoms with Gasteiger partial charge < -0.3 is 5.73 Å². The van der Waals surface area contributed by atoms with Crippen LogP contribution in [0.2, 0.25) is 0 Å². The van der Waals surface area contributed by atoms with Gasteiger partial charge in [-0.1, -0.05) is 18.1 Å². The van der Waals surface area contributed by atoms with Gasteiger partial charge in [-0.05, 0) is 40.2 Å². The monoisotopic (exact) mass is 180 g/mol. The van der Waals surface area contributed by atoms with E-state index in [0.29, 0.717) is 5.84 Å². The molecule has 13 heavy (non-hydrogen) atoms. The van der Waals surface area contributed by atoms with Crippen LogP contribution in [0.25, 0.3) is 0 Å². The molecule has 0 aromatic carbocycles. The van der Waals surface area contributed by atoms with E-state index >= 15 is 0 Å². The van der Waals surface area contributed by atoms with E-state index in [1.54, 1.807) is 6.92 Å². The van der Waals surface area contributed by atoms with Gasteiger partial charge in [-0.15, -0.1) is 0 Å². The highest BCUT2D eigenvalue weighted by Crippen LogP contribution is 2.11. The van der Waals surface area contributed by atoms with Crippen molar-refractivity contribution in [3.63, 3.8) is 0 Å². The van der Waals surface area contributed by atoms with Crippen molar-refractivity contribution < 1.29 is 0 Å². The van der Waals surface area contributed by atoms with Crippen molar-refractivity contribution in [1.82, 2.24) is 0 Å². The van der Waals surface area contributed by atoms with Crippen molar-refractivity contribution >= 4 is 5.84 Å². The van der Waals surface area contributed by atoms with E-state index in [4.69, 9.17) is 5.73 Å². The van der Waals surface area contributed by atoms with Crippen LogP contribution in [-0.4, -0.2) is 5.84 Å². The average Bonchev–Trinajstić information content (AvgIpc) is 2.01. The molecule has 0 saturated heterocycles. The summed E-state index contributed by atoms with van der Waals surface area (Å²) in [5, 5.41) is 0. The predicted molar refractivity (Wildman–Crippen MR) is 59.7 cm³/mol. The first-order valence-corrected chi connectivity index (χ1v) is 4.62. The van der Waals surface area contributed by atoms with E-state index in [-0.39, 0.29) is 0 Å².